The number of aliphatic hydroxyl groups excluding tert-OH is 1. The van der Waals surface area contributed by atoms with Crippen LogP contribution in [0.15, 0.2) is 30.3 Å². The van der Waals surface area contributed by atoms with Gasteiger partial charge < -0.3 is 20.6 Å². The van der Waals surface area contributed by atoms with Crippen molar-refractivity contribution in [2.45, 2.75) is 69.0 Å². The fourth-order valence-electron chi connectivity index (χ4n) is 4.99. The minimum Gasteiger partial charge on any atom is -0.394 e. The summed E-state index contributed by atoms with van der Waals surface area (Å²) >= 11 is 0. The van der Waals surface area contributed by atoms with E-state index in [0.29, 0.717) is 6.54 Å². The summed E-state index contributed by atoms with van der Waals surface area (Å²) in [5.41, 5.74) is 1.11. The molecule has 1 aromatic rings. The van der Waals surface area contributed by atoms with E-state index in [4.69, 9.17) is 0 Å². The second-order valence-corrected chi connectivity index (χ2v) is 8.46. The molecule has 3 atom stereocenters. The number of urea groups is 1. The fraction of sp³-hybridized carbons (Fsp3) is 0.636. The van der Waals surface area contributed by atoms with Gasteiger partial charge in [0.1, 0.15) is 0 Å². The van der Waals surface area contributed by atoms with Crippen LogP contribution in [0.3, 0.4) is 0 Å². The monoisotopic (exact) mass is 385 g/mol. The summed E-state index contributed by atoms with van der Waals surface area (Å²) in [5, 5.41) is 16.0. The Kier molecular flexibility index (Phi) is 5.85. The number of nitrogens with one attached hydrogen (secondary N) is 2. The average Bonchev–Trinajstić information content (AvgIpc) is 3.13. The first-order chi connectivity index (χ1) is 13.7. The summed E-state index contributed by atoms with van der Waals surface area (Å²) < 4.78 is 0. The second kappa shape index (κ2) is 8.52. The Balaban J connectivity index is 1.45. The van der Waals surface area contributed by atoms with Crippen molar-refractivity contribution in [3.05, 3.63) is 35.9 Å². The highest BCUT2D eigenvalue weighted by Crippen LogP contribution is 2.43. The van der Waals surface area contributed by atoms with Gasteiger partial charge in [-0.3, -0.25) is 4.79 Å². The molecule has 1 aliphatic heterocycles. The van der Waals surface area contributed by atoms with Gasteiger partial charge in [-0.15, -0.1) is 0 Å². The largest absolute Gasteiger partial charge is 0.394 e. The minimum absolute atomic E-state index is 0.0435. The number of nitrogens with zero attached hydrogens (tertiary/aromatic N) is 1. The zero-order chi connectivity index (χ0) is 19.5. The molecule has 6 nitrogen and oxygen atoms in total. The van der Waals surface area contributed by atoms with E-state index in [1.807, 2.05) is 35.2 Å². The first-order valence-electron chi connectivity index (χ1n) is 10.7. The highest BCUT2D eigenvalue weighted by Gasteiger charge is 2.52. The van der Waals surface area contributed by atoms with E-state index in [-0.39, 0.29) is 48.5 Å². The molecule has 0 radical (unpaired) electrons. The van der Waals surface area contributed by atoms with Gasteiger partial charge in [0.2, 0.25) is 5.91 Å². The zero-order valence-electron chi connectivity index (χ0n) is 16.3. The van der Waals surface area contributed by atoms with E-state index in [0.717, 1.165) is 37.7 Å². The van der Waals surface area contributed by atoms with Crippen LogP contribution in [0.1, 0.15) is 56.4 Å². The molecule has 3 amide bonds. The number of rotatable bonds is 6. The quantitative estimate of drug-likeness (QED) is 0.703. The van der Waals surface area contributed by atoms with Crippen LogP contribution in [-0.4, -0.2) is 53.2 Å². The van der Waals surface area contributed by atoms with E-state index in [2.05, 4.69) is 10.6 Å². The van der Waals surface area contributed by atoms with Crippen LogP contribution in [0.25, 0.3) is 0 Å². The van der Waals surface area contributed by atoms with Gasteiger partial charge in [0, 0.05) is 24.4 Å². The van der Waals surface area contributed by atoms with Gasteiger partial charge in [0.25, 0.3) is 0 Å². The van der Waals surface area contributed by atoms with Crippen molar-refractivity contribution in [2.75, 3.05) is 13.2 Å². The van der Waals surface area contributed by atoms with Gasteiger partial charge in [-0.05, 0) is 31.2 Å². The van der Waals surface area contributed by atoms with E-state index in [1.165, 1.54) is 12.8 Å². The molecule has 1 heterocycles. The number of aliphatic hydroxyl groups is 1. The first-order valence-corrected chi connectivity index (χ1v) is 10.7. The molecule has 1 saturated heterocycles. The lowest BCUT2D eigenvalue weighted by Gasteiger charge is -2.56. The van der Waals surface area contributed by atoms with Gasteiger partial charge in [0.05, 0.1) is 18.7 Å². The molecule has 3 fully saturated rings. The predicted octanol–water partition coefficient (Wildman–Crippen LogP) is 2.38. The van der Waals surface area contributed by atoms with Gasteiger partial charge in [0.15, 0.2) is 0 Å². The lowest BCUT2D eigenvalue weighted by Crippen LogP contribution is -2.70. The number of likely N-dealkylation sites (tertiary alicyclic amines) is 1. The maximum atomic E-state index is 13.0. The molecule has 28 heavy (non-hydrogen) atoms. The second-order valence-electron chi connectivity index (χ2n) is 8.46. The molecule has 2 saturated carbocycles. The van der Waals surface area contributed by atoms with Crippen molar-refractivity contribution in [1.82, 2.24) is 15.5 Å². The Morgan fingerprint density at radius 1 is 1.00 bits per heavy atom. The van der Waals surface area contributed by atoms with Crippen LogP contribution in [0, 0.1) is 5.92 Å². The molecular formula is C22H31N3O3. The Morgan fingerprint density at radius 2 is 1.71 bits per heavy atom. The molecule has 2 aliphatic carbocycles. The highest BCUT2D eigenvalue weighted by molar-refractivity contribution is 5.82. The number of carbonyl (C=O) groups excluding carboxylic acids is 2. The van der Waals surface area contributed by atoms with Crippen molar-refractivity contribution < 1.29 is 14.7 Å². The Bertz CT molecular complexity index is 686. The molecule has 0 spiro atoms. The predicted molar refractivity (Wildman–Crippen MR) is 107 cm³/mol. The third-order valence-corrected chi connectivity index (χ3v) is 6.79. The van der Waals surface area contributed by atoms with Crippen LogP contribution < -0.4 is 10.6 Å². The topological polar surface area (TPSA) is 81.7 Å². The Morgan fingerprint density at radius 3 is 2.32 bits per heavy atom. The standard InChI is InChI=1S/C22H31N3O3/c26-14-19-20(15-7-2-1-3-8-15)18(25(19)21(27)16-9-6-10-16)13-23-22(28)24-17-11-4-5-12-17/h1-3,7-8,16-20,26H,4-6,9-14H2,(H2,23,24,28)/t18-,19+,20-/m0/s1. The Labute approximate surface area is 166 Å². The number of carbonyl (C=O) groups is 2. The zero-order valence-corrected chi connectivity index (χ0v) is 16.3. The first kappa shape index (κ1) is 19.2. The maximum absolute atomic E-state index is 13.0. The molecule has 6 heteroatoms. The number of benzene rings is 1. The van der Waals surface area contributed by atoms with Crippen molar-refractivity contribution in [1.29, 1.82) is 0 Å². The van der Waals surface area contributed by atoms with Crippen LogP contribution >= 0.6 is 0 Å². The molecule has 0 unspecified atom stereocenters. The number of hydrogen-bond acceptors (Lipinski definition) is 3. The summed E-state index contributed by atoms with van der Waals surface area (Å²) in [5.74, 6) is 0.267. The van der Waals surface area contributed by atoms with Crippen LogP contribution in [0.2, 0.25) is 0 Å². The lowest BCUT2D eigenvalue weighted by molar-refractivity contribution is -0.157. The molecule has 152 valence electrons. The van der Waals surface area contributed by atoms with Crippen molar-refractivity contribution in [2.24, 2.45) is 5.92 Å². The third-order valence-electron chi connectivity index (χ3n) is 6.79. The smallest absolute Gasteiger partial charge is 0.315 e. The molecule has 0 aromatic heterocycles. The maximum Gasteiger partial charge on any atom is 0.315 e. The van der Waals surface area contributed by atoms with E-state index < -0.39 is 0 Å². The van der Waals surface area contributed by atoms with Crippen molar-refractivity contribution >= 4 is 11.9 Å². The summed E-state index contributed by atoms with van der Waals surface area (Å²) in [7, 11) is 0. The van der Waals surface area contributed by atoms with Gasteiger partial charge in [-0.25, -0.2) is 4.79 Å². The fourth-order valence-corrected chi connectivity index (χ4v) is 4.99. The van der Waals surface area contributed by atoms with Crippen molar-refractivity contribution in [3.63, 3.8) is 0 Å². The minimum atomic E-state index is -0.208. The van der Waals surface area contributed by atoms with Gasteiger partial charge in [-0.2, -0.15) is 0 Å². The third kappa shape index (κ3) is 3.75. The summed E-state index contributed by atoms with van der Waals surface area (Å²) in [6.45, 7) is 0.357. The van der Waals surface area contributed by atoms with Crippen LogP contribution in [-0.2, 0) is 4.79 Å². The lowest BCUT2D eigenvalue weighted by atomic mass is 9.72. The van der Waals surface area contributed by atoms with Gasteiger partial charge >= 0.3 is 6.03 Å². The van der Waals surface area contributed by atoms with E-state index >= 15 is 0 Å². The van der Waals surface area contributed by atoms with E-state index in [1.54, 1.807) is 0 Å². The Hall–Kier alpha value is -2.08. The summed E-state index contributed by atoms with van der Waals surface area (Å²) in [6, 6.07) is 9.83. The molecule has 3 aliphatic rings. The van der Waals surface area contributed by atoms with Crippen LogP contribution in [0.4, 0.5) is 4.79 Å². The highest BCUT2D eigenvalue weighted by atomic mass is 16.3. The molecule has 3 N–H and O–H groups in total. The summed E-state index contributed by atoms with van der Waals surface area (Å²) in [4.78, 5) is 27.2. The SMILES string of the molecule is O=C(NC[C@H]1[C@H](c2ccccc2)[C@@H](CO)N1C(=O)C1CCC1)NC1CCCC1. The molecule has 1 aromatic carbocycles. The summed E-state index contributed by atoms with van der Waals surface area (Å²) in [6.07, 6.45) is 7.40. The molecule has 4 rings (SSSR count). The normalized spacial score (nSPS) is 27.8. The molecule has 0 bridgehead atoms. The van der Waals surface area contributed by atoms with E-state index in [9.17, 15) is 14.7 Å². The van der Waals surface area contributed by atoms with Crippen molar-refractivity contribution in [3.8, 4) is 0 Å². The average molecular weight is 386 g/mol. The van der Waals surface area contributed by atoms with Gasteiger partial charge in [-0.1, -0.05) is 49.6 Å². The van der Waals surface area contributed by atoms with Crippen LogP contribution in [0.5, 0.6) is 0 Å². The number of hydrogen-bond donors (Lipinski definition) is 3. The molecular weight excluding hydrogens is 354 g/mol. The number of amides is 3.